The second kappa shape index (κ2) is 6.14. The van der Waals surface area contributed by atoms with Gasteiger partial charge in [0, 0.05) is 5.56 Å². The maximum atomic E-state index is 5.20. The first kappa shape index (κ1) is 15.3. The molecule has 4 nitrogen and oxygen atoms in total. The van der Waals surface area contributed by atoms with Gasteiger partial charge in [0.2, 0.25) is 0 Å². The van der Waals surface area contributed by atoms with E-state index in [9.17, 15) is 0 Å². The standard InChI is InChI=1S/C16H17N3O.ClH/c1-16(2)10-12-6-3-4-8-14(12)15(18-16)19-17-11-13-7-5-9-20-13;/h3-9,11H,10H2,1-2H3,(H,18,19);1H. The van der Waals surface area contributed by atoms with Crippen LogP contribution in [0.2, 0.25) is 0 Å². The molecule has 0 atom stereocenters. The number of amidine groups is 1. The highest BCUT2D eigenvalue weighted by atomic mass is 35.5. The lowest BCUT2D eigenvalue weighted by Crippen LogP contribution is -2.34. The van der Waals surface area contributed by atoms with Crippen molar-refractivity contribution in [3.8, 4) is 0 Å². The molecule has 1 N–H and O–H groups in total. The molecule has 110 valence electrons. The number of nitrogens with zero attached hydrogens (tertiary/aromatic N) is 2. The summed E-state index contributed by atoms with van der Waals surface area (Å²) in [5.41, 5.74) is 5.33. The van der Waals surface area contributed by atoms with Crippen LogP contribution in [-0.2, 0) is 6.42 Å². The Bertz CT molecular complexity index is 660. The zero-order valence-electron chi connectivity index (χ0n) is 12.0. The number of rotatable bonds is 2. The normalized spacial score (nSPS) is 16.0. The maximum Gasteiger partial charge on any atom is 0.149 e. The Labute approximate surface area is 130 Å². The largest absolute Gasteiger partial charge is 0.463 e. The van der Waals surface area contributed by atoms with Gasteiger partial charge >= 0.3 is 0 Å². The fourth-order valence-electron chi connectivity index (χ4n) is 2.38. The number of aliphatic imine (C=N–C) groups is 1. The molecule has 0 bridgehead atoms. The third kappa shape index (κ3) is 3.52. The summed E-state index contributed by atoms with van der Waals surface area (Å²) in [4.78, 5) is 4.74. The third-order valence-electron chi connectivity index (χ3n) is 3.22. The molecule has 0 fully saturated rings. The monoisotopic (exact) mass is 303 g/mol. The van der Waals surface area contributed by atoms with E-state index in [0.717, 1.165) is 17.8 Å². The minimum atomic E-state index is -0.114. The number of furan rings is 1. The number of fused-ring (bicyclic) bond motifs is 1. The highest BCUT2D eigenvalue weighted by Gasteiger charge is 2.26. The maximum absolute atomic E-state index is 5.20. The van der Waals surface area contributed by atoms with Crippen molar-refractivity contribution in [2.45, 2.75) is 25.8 Å². The first-order valence-corrected chi connectivity index (χ1v) is 6.65. The minimum Gasteiger partial charge on any atom is -0.463 e. The molecule has 0 saturated heterocycles. The van der Waals surface area contributed by atoms with Crippen LogP contribution in [0.3, 0.4) is 0 Å². The van der Waals surface area contributed by atoms with E-state index in [1.807, 2.05) is 18.2 Å². The lowest BCUT2D eigenvalue weighted by Gasteiger charge is -2.28. The van der Waals surface area contributed by atoms with Crippen molar-refractivity contribution in [3.63, 3.8) is 0 Å². The molecule has 2 aromatic rings. The summed E-state index contributed by atoms with van der Waals surface area (Å²) < 4.78 is 5.20. The number of halogens is 1. The second-order valence-corrected chi connectivity index (χ2v) is 5.49. The van der Waals surface area contributed by atoms with Crippen LogP contribution in [-0.4, -0.2) is 17.6 Å². The molecule has 1 aromatic carbocycles. The van der Waals surface area contributed by atoms with Gasteiger partial charge in [0.25, 0.3) is 0 Å². The topological polar surface area (TPSA) is 49.9 Å². The Morgan fingerprint density at radius 1 is 1.24 bits per heavy atom. The van der Waals surface area contributed by atoms with E-state index in [0.29, 0.717) is 5.76 Å². The number of benzene rings is 1. The van der Waals surface area contributed by atoms with Gasteiger partial charge in [-0.05, 0) is 38.0 Å². The van der Waals surface area contributed by atoms with Gasteiger partial charge in [-0.2, -0.15) is 5.10 Å². The van der Waals surface area contributed by atoms with Crippen molar-refractivity contribution in [2.75, 3.05) is 0 Å². The van der Waals surface area contributed by atoms with E-state index in [1.54, 1.807) is 12.5 Å². The zero-order chi connectivity index (χ0) is 14.0. The average molecular weight is 304 g/mol. The van der Waals surface area contributed by atoms with Crippen molar-refractivity contribution >= 4 is 24.5 Å². The van der Waals surface area contributed by atoms with Gasteiger partial charge in [0.15, 0.2) is 0 Å². The molecular formula is C16H18ClN3O. The number of nitrogens with one attached hydrogen (secondary N) is 1. The summed E-state index contributed by atoms with van der Waals surface area (Å²) in [6.45, 7) is 4.25. The molecule has 1 aliphatic heterocycles. The fraction of sp³-hybridized carbons (Fsp3) is 0.250. The van der Waals surface area contributed by atoms with Gasteiger partial charge in [-0.25, -0.2) is 0 Å². The summed E-state index contributed by atoms with van der Waals surface area (Å²) in [7, 11) is 0. The van der Waals surface area contributed by atoms with Crippen LogP contribution in [0.4, 0.5) is 0 Å². The lowest BCUT2D eigenvalue weighted by atomic mass is 9.89. The van der Waals surface area contributed by atoms with Crippen molar-refractivity contribution in [1.29, 1.82) is 0 Å². The van der Waals surface area contributed by atoms with Crippen molar-refractivity contribution in [1.82, 2.24) is 5.43 Å². The number of hydrazone groups is 1. The molecule has 0 amide bonds. The summed E-state index contributed by atoms with van der Waals surface area (Å²) in [6, 6.07) is 12.0. The van der Waals surface area contributed by atoms with Gasteiger partial charge in [-0.15, -0.1) is 12.4 Å². The molecule has 5 heteroatoms. The summed E-state index contributed by atoms with van der Waals surface area (Å²) in [5, 5.41) is 4.20. The van der Waals surface area contributed by atoms with Crippen molar-refractivity contribution < 1.29 is 4.42 Å². The van der Waals surface area contributed by atoms with Crippen LogP contribution in [0.1, 0.15) is 30.7 Å². The molecule has 3 rings (SSSR count). The minimum absolute atomic E-state index is 0. The molecule has 0 radical (unpaired) electrons. The third-order valence-corrected chi connectivity index (χ3v) is 3.22. The molecule has 0 spiro atoms. The Hall–Kier alpha value is -2.07. The van der Waals surface area contributed by atoms with Gasteiger partial charge in [-0.1, -0.05) is 24.3 Å². The second-order valence-electron chi connectivity index (χ2n) is 5.49. The van der Waals surface area contributed by atoms with E-state index in [4.69, 9.17) is 9.41 Å². The van der Waals surface area contributed by atoms with E-state index < -0.39 is 0 Å². The summed E-state index contributed by atoms with van der Waals surface area (Å²) in [6.07, 6.45) is 4.21. The van der Waals surface area contributed by atoms with Gasteiger partial charge in [0.05, 0.1) is 18.0 Å². The zero-order valence-corrected chi connectivity index (χ0v) is 12.9. The Balaban J connectivity index is 0.00000161. The summed E-state index contributed by atoms with van der Waals surface area (Å²) in [5.74, 6) is 1.51. The molecule has 1 aliphatic rings. The highest BCUT2D eigenvalue weighted by molar-refractivity contribution is 6.01. The van der Waals surface area contributed by atoms with Crippen LogP contribution in [0.15, 0.2) is 57.2 Å². The Morgan fingerprint density at radius 2 is 2.05 bits per heavy atom. The predicted octanol–water partition coefficient (Wildman–Crippen LogP) is 3.41. The Kier molecular flexibility index (Phi) is 4.48. The van der Waals surface area contributed by atoms with Crippen LogP contribution >= 0.6 is 12.4 Å². The van der Waals surface area contributed by atoms with Crippen LogP contribution < -0.4 is 5.43 Å². The van der Waals surface area contributed by atoms with Crippen LogP contribution in [0.25, 0.3) is 0 Å². The van der Waals surface area contributed by atoms with Crippen molar-refractivity contribution in [3.05, 3.63) is 59.5 Å². The SMILES string of the molecule is CC1(C)Cc2ccccc2C(NN=Cc2ccco2)=N1.Cl. The molecule has 21 heavy (non-hydrogen) atoms. The summed E-state index contributed by atoms with van der Waals surface area (Å²) >= 11 is 0. The quantitative estimate of drug-likeness (QED) is 0.683. The predicted molar refractivity (Wildman–Crippen MR) is 87.4 cm³/mol. The van der Waals surface area contributed by atoms with E-state index in [-0.39, 0.29) is 17.9 Å². The molecule has 1 aromatic heterocycles. The van der Waals surface area contributed by atoms with Gasteiger partial charge in [0.1, 0.15) is 11.6 Å². The van der Waals surface area contributed by atoms with Crippen LogP contribution in [0.5, 0.6) is 0 Å². The molecule has 0 unspecified atom stereocenters. The molecule has 2 heterocycles. The molecular weight excluding hydrogens is 286 g/mol. The van der Waals surface area contributed by atoms with Gasteiger partial charge in [-0.3, -0.25) is 10.4 Å². The molecule has 0 aliphatic carbocycles. The average Bonchev–Trinajstić information content (AvgIpc) is 2.90. The lowest BCUT2D eigenvalue weighted by molar-refractivity contribution is 0.509. The number of hydrogen-bond acceptors (Lipinski definition) is 4. The van der Waals surface area contributed by atoms with E-state index in [2.05, 4.69) is 42.6 Å². The first-order chi connectivity index (χ1) is 9.64. The fourth-order valence-corrected chi connectivity index (χ4v) is 2.38. The van der Waals surface area contributed by atoms with Crippen LogP contribution in [0, 0.1) is 0 Å². The van der Waals surface area contributed by atoms with Crippen molar-refractivity contribution in [2.24, 2.45) is 10.1 Å². The molecule has 0 saturated carbocycles. The van der Waals surface area contributed by atoms with E-state index >= 15 is 0 Å². The first-order valence-electron chi connectivity index (χ1n) is 6.65. The number of hydrogen-bond donors (Lipinski definition) is 1. The van der Waals surface area contributed by atoms with Gasteiger partial charge < -0.3 is 4.42 Å². The highest BCUT2D eigenvalue weighted by Crippen LogP contribution is 2.25. The smallest absolute Gasteiger partial charge is 0.149 e. The van der Waals surface area contributed by atoms with E-state index in [1.165, 1.54) is 5.56 Å². The Morgan fingerprint density at radius 3 is 2.81 bits per heavy atom.